The predicted molar refractivity (Wildman–Crippen MR) is 64.1 cm³/mol. The van der Waals surface area contributed by atoms with Crippen LogP contribution in [-0.4, -0.2) is 71.7 Å². The summed E-state index contributed by atoms with van der Waals surface area (Å²) in [4.78, 5) is 8.52. The van der Waals surface area contributed by atoms with E-state index in [1.807, 2.05) is 0 Å². The van der Waals surface area contributed by atoms with Crippen LogP contribution >= 0.6 is 11.8 Å². The van der Waals surface area contributed by atoms with Crippen LogP contribution in [0, 0.1) is 0 Å². The molecule has 2 aliphatic rings. The van der Waals surface area contributed by atoms with Gasteiger partial charge < -0.3 is 9.84 Å². The topological polar surface area (TPSA) is 54.3 Å². The Morgan fingerprint density at radius 2 is 2.10 bits per heavy atom. The molecule has 0 radical (unpaired) electrons. The van der Waals surface area contributed by atoms with Crippen molar-refractivity contribution in [2.75, 3.05) is 13.7 Å². The summed E-state index contributed by atoms with van der Waals surface area (Å²) in [6, 6.07) is -1.19. The summed E-state index contributed by atoms with van der Waals surface area (Å²) in [5, 5.41) is 10.4. The van der Waals surface area contributed by atoms with Crippen molar-refractivity contribution in [2.45, 2.75) is 42.7 Å². The predicted octanol–water partition coefficient (Wildman–Crippen LogP) is 1.28. The molecule has 5 nitrogen and oxygen atoms in total. The molecule has 0 saturated carbocycles. The Morgan fingerprint density at radius 1 is 1.43 bits per heavy atom. The van der Waals surface area contributed by atoms with Crippen molar-refractivity contribution < 1.29 is 36.6 Å². The first-order chi connectivity index (χ1) is 9.81. The molecule has 0 aromatic rings. The molecule has 1 fully saturated rings. The van der Waals surface area contributed by atoms with Gasteiger partial charge in [0, 0.05) is 7.05 Å². The van der Waals surface area contributed by atoms with Gasteiger partial charge in [0.05, 0.1) is 0 Å². The van der Waals surface area contributed by atoms with Crippen molar-refractivity contribution in [3.05, 3.63) is 0 Å². The number of hydrogen-bond donors (Lipinski definition) is 1. The first-order valence-corrected chi connectivity index (χ1v) is 6.84. The van der Waals surface area contributed by atoms with Crippen LogP contribution in [0.3, 0.4) is 0 Å². The number of rotatable bonds is 4. The summed E-state index contributed by atoms with van der Waals surface area (Å²) in [5.41, 5.74) is -1.06. The molecule has 0 bridgehead atoms. The van der Waals surface area contributed by atoms with Gasteiger partial charge in [-0.15, -0.1) is 0 Å². The van der Waals surface area contributed by atoms with Gasteiger partial charge in [0.2, 0.25) is 0 Å². The number of hydroxylamine groups is 2. The summed E-state index contributed by atoms with van der Waals surface area (Å²) < 4.78 is 68.2. The van der Waals surface area contributed by atoms with Crippen LogP contribution in [0.25, 0.3) is 0 Å². The maximum atomic E-state index is 13.9. The quantitative estimate of drug-likeness (QED) is 0.619. The molecule has 2 rings (SSSR count). The van der Waals surface area contributed by atoms with Gasteiger partial charge in [-0.3, -0.25) is 9.83 Å². The first-order valence-electron chi connectivity index (χ1n) is 5.96. The molecule has 0 spiro atoms. The van der Waals surface area contributed by atoms with Crippen LogP contribution < -0.4 is 0 Å². The highest BCUT2D eigenvalue weighted by molar-refractivity contribution is 8.14. The molecule has 0 unspecified atom stereocenters. The smallest absolute Gasteiger partial charge is 0.267 e. The number of aliphatic hydroxyl groups excluding tert-OH is 1. The van der Waals surface area contributed by atoms with Crippen molar-refractivity contribution in [3.63, 3.8) is 0 Å². The number of amidine groups is 1. The van der Waals surface area contributed by atoms with Gasteiger partial charge in [0.25, 0.3) is 12.9 Å². The number of thioether (sulfide) groups is 1. The van der Waals surface area contributed by atoms with Crippen LogP contribution in [0.5, 0.6) is 0 Å². The third kappa shape index (κ3) is 3.58. The van der Waals surface area contributed by atoms with Gasteiger partial charge >= 0.3 is 0 Å². The normalized spacial score (nSPS) is 36.0. The van der Waals surface area contributed by atoms with E-state index in [4.69, 9.17) is 4.74 Å². The third-order valence-electron chi connectivity index (χ3n) is 2.95. The van der Waals surface area contributed by atoms with Crippen molar-refractivity contribution >= 4 is 16.9 Å². The Bertz CT molecular complexity index is 403. The summed E-state index contributed by atoms with van der Waals surface area (Å²) in [5.74, 6) is 0. The van der Waals surface area contributed by atoms with Gasteiger partial charge in [0.1, 0.15) is 30.3 Å². The molecular weight excluding hydrogens is 323 g/mol. The van der Waals surface area contributed by atoms with Gasteiger partial charge in [0.15, 0.2) is 11.3 Å². The van der Waals surface area contributed by atoms with Crippen LogP contribution in [0.15, 0.2) is 4.99 Å². The SMILES string of the molecule is CN(OCC(F)F)C1=N[C@@H]2[C@H](F)[C@H](O)[C@@H](C(F)F)O[C@@H]2S1. The first kappa shape index (κ1) is 16.7. The number of alkyl halides is 5. The molecule has 0 aromatic carbocycles. The lowest BCUT2D eigenvalue weighted by atomic mass is 10.00. The van der Waals surface area contributed by atoms with Crippen molar-refractivity contribution in [2.24, 2.45) is 4.99 Å². The van der Waals surface area contributed by atoms with E-state index in [2.05, 4.69) is 9.83 Å². The second-order valence-electron chi connectivity index (χ2n) is 4.44. The number of hydrogen-bond acceptors (Lipinski definition) is 6. The minimum atomic E-state index is -3.04. The average molecular weight is 336 g/mol. The highest BCUT2D eigenvalue weighted by Gasteiger charge is 2.52. The van der Waals surface area contributed by atoms with E-state index < -0.39 is 49.3 Å². The Balaban J connectivity index is 2.02. The summed E-state index contributed by atoms with van der Waals surface area (Å²) in [6.07, 6.45) is -11.7. The average Bonchev–Trinajstić information content (AvgIpc) is 2.84. The van der Waals surface area contributed by atoms with E-state index in [0.717, 1.165) is 16.8 Å². The van der Waals surface area contributed by atoms with Gasteiger partial charge in [-0.2, -0.15) is 0 Å². The Labute approximate surface area is 121 Å². The molecule has 0 aromatic heterocycles. The maximum absolute atomic E-state index is 13.9. The van der Waals surface area contributed by atoms with E-state index in [1.165, 1.54) is 7.05 Å². The van der Waals surface area contributed by atoms with Gasteiger partial charge in [-0.25, -0.2) is 27.0 Å². The number of aliphatic hydroxyl groups is 1. The molecule has 21 heavy (non-hydrogen) atoms. The largest absolute Gasteiger partial charge is 0.387 e. The zero-order valence-electron chi connectivity index (χ0n) is 10.7. The van der Waals surface area contributed by atoms with Crippen molar-refractivity contribution in [3.8, 4) is 0 Å². The molecule has 5 atom stereocenters. The summed E-state index contributed by atoms with van der Waals surface area (Å²) >= 11 is 0.781. The highest BCUT2D eigenvalue weighted by atomic mass is 32.2. The molecule has 11 heteroatoms. The van der Waals surface area contributed by atoms with E-state index in [9.17, 15) is 27.1 Å². The monoisotopic (exact) mass is 336 g/mol. The number of halogens is 5. The maximum Gasteiger partial charge on any atom is 0.267 e. The zero-order chi connectivity index (χ0) is 15.7. The fraction of sp³-hybridized carbons (Fsp3) is 0.900. The highest BCUT2D eigenvalue weighted by Crippen LogP contribution is 2.39. The fourth-order valence-corrected chi connectivity index (χ4v) is 3.05. The Morgan fingerprint density at radius 3 is 2.67 bits per heavy atom. The molecular formula is C10H13F5N2O3S. The third-order valence-corrected chi connectivity index (χ3v) is 4.15. The van der Waals surface area contributed by atoms with Crippen LogP contribution in [0.1, 0.15) is 0 Å². The Kier molecular flexibility index (Phi) is 5.28. The fourth-order valence-electron chi connectivity index (χ4n) is 1.93. The van der Waals surface area contributed by atoms with E-state index >= 15 is 0 Å². The Hall–Kier alpha value is -0.650. The standard InChI is InChI=1S/C10H13F5N2O3S/c1-17(19-2-3(11)12)10-16-5-4(13)6(18)7(8(14)15)20-9(5)21-10/h3-9,18H,2H2,1H3/t4-,5+,6-,7-,9+/m0/s1. The van der Waals surface area contributed by atoms with Crippen molar-refractivity contribution in [1.29, 1.82) is 0 Å². The van der Waals surface area contributed by atoms with E-state index in [1.54, 1.807) is 0 Å². The van der Waals surface area contributed by atoms with Crippen molar-refractivity contribution in [1.82, 2.24) is 5.06 Å². The van der Waals surface area contributed by atoms with E-state index in [-0.39, 0.29) is 5.17 Å². The second kappa shape index (κ2) is 6.63. The minimum Gasteiger partial charge on any atom is -0.387 e. The van der Waals surface area contributed by atoms with Gasteiger partial charge in [-0.05, 0) is 0 Å². The van der Waals surface area contributed by atoms with Crippen LogP contribution in [0.2, 0.25) is 0 Å². The molecule has 1 saturated heterocycles. The molecule has 1 N–H and O–H groups in total. The minimum absolute atomic E-state index is 0.0235. The molecule has 2 heterocycles. The molecule has 0 aliphatic carbocycles. The lowest BCUT2D eigenvalue weighted by Crippen LogP contribution is -2.55. The molecule has 0 amide bonds. The number of aliphatic imine (C=N–C) groups is 1. The molecule has 122 valence electrons. The zero-order valence-corrected chi connectivity index (χ0v) is 11.5. The van der Waals surface area contributed by atoms with Gasteiger partial charge in [-0.1, -0.05) is 11.8 Å². The lowest BCUT2D eigenvalue weighted by molar-refractivity contribution is -0.178. The second-order valence-corrected chi connectivity index (χ2v) is 5.51. The molecule has 2 aliphatic heterocycles. The summed E-state index contributed by atoms with van der Waals surface area (Å²) in [7, 11) is 1.28. The van der Waals surface area contributed by atoms with E-state index in [0.29, 0.717) is 0 Å². The lowest BCUT2D eigenvalue weighted by Gasteiger charge is -2.36. The summed E-state index contributed by atoms with van der Waals surface area (Å²) in [6.45, 7) is -0.881. The number of nitrogens with zero attached hydrogens (tertiary/aromatic N) is 2. The van der Waals surface area contributed by atoms with Crippen LogP contribution in [0.4, 0.5) is 22.0 Å². The number of fused-ring (bicyclic) bond motifs is 1. The van der Waals surface area contributed by atoms with Crippen LogP contribution in [-0.2, 0) is 9.57 Å². The number of ether oxygens (including phenoxy) is 1.